The second-order valence-electron chi connectivity index (χ2n) is 6.68. The first kappa shape index (κ1) is 18.9. The minimum atomic E-state index is -0.947. The molecule has 1 aliphatic heterocycles. The summed E-state index contributed by atoms with van der Waals surface area (Å²) in [5.74, 6) is -1.84. The second kappa shape index (κ2) is 8.20. The highest BCUT2D eigenvalue weighted by atomic mass is 16.5. The van der Waals surface area contributed by atoms with Gasteiger partial charge in [0.2, 0.25) is 5.91 Å². The SMILES string of the molecule is CCCOc1ccccc1NC(=O)CN1C(=O)C(=O)N(C2CCCC2)C1=O. The molecule has 0 spiro atoms. The second-order valence-corrected chi connectivity index (χ2v) is 6.68. The minimum absolute atomic E-state index is 0.245. The van der Waals surface area contributed by atoms with E-state index >= 15 is 0 Å². The van der Waals surface area contributed by atoms with E-state index in [0.29, 0.717) is 35.8 Å². The number of rotatable bonds is 7. The Morgan fingerprint density at radius 2 is 1.85 bits per heavy atom. The van der Waals surface area contributed by atoms with Gasteiger partial charge in [0.05, 0.1) is 12.3 Å². The first-order chi connectivity index (χ1) is 13.0. The van der Waals surface area contributed by atoms with Crippen LogP contribution in [0, 0.1) is 0 Å². The van der Waals surface area contributed by atoms with Crippen molar-refractivity contribution in [3.8, 4) is 5.75 Å². The van der Waals surface area contributed by atoms with E-state index in [-0.39, 0.29) is 6.04 Å². The van der Waals surface area contributed by atoms with Gasteiger partial charge in [0.25, 0.3) is 0 Å². The largest absolute Gasteiger partial charge is 0.491 e. The maximum Gasteiger partial charge on any atom is 0.334 e. The van der Waals surface area contributed by atoms with Gasteiger partial charge in [-0.3, -0.25) is 19.3 Å². The number of imide groups is 2. The van der Waals surface area contributed by atoms with E-state index < -0.39 is 30.3 Å². The molecule has 1 heterocycles. The molecule has 2 fully saturated rings. The van der Waals surface area contributed by atoms with Crippen LogP contribution in [0.4, 0.5) is 10.5 Å². The Morgan fingerprint density at radius 3 is 2.56 bits per heavy atom. The highest BCUT2D eigenvalue weighted by molar-refractivity contribution is 6.45. The van der Waals surface area contributed by atoms with Gasteiger partial charge in [0, 0.05) is 6.04 Å². The number of anilines is 1. The minimum Gasteiger partial charge on any atom is -0.491 e. The fourth-order valence-corrected chi connectivity index (χ4v) is 3.39. The van der Waals surface area contributed by atoms with E-state index in [0.717, 1.165) is 24.2 Å². The number of carbonyl (C=O) groups is 4. The van der Waals surface area contributed by atoms with Crippen molar-refractivity contribution in [2.45, 2.75) is 45.1 Å². The molecule has 8 heteroatoms. The average Bonchev–Trinajstić information content (AvgIpc) is 3.24. The third-order valence-corrected chi connectivity index (χ3v) is 4.70. The van der Waals surface area contributed by atoms with Gasteiger partial charge < -0.3 is 10.1 Å². The van der Waals surface area contributed by atoms with Gasteiger partial charge in [-0.15, -0.1) is 0 Å². The third-order valence-electron chi connectivity index (χ3n) is 4.70. The Labute approximate surface area is 157 Å². The van der Waals surface area contributed by atoms with E-state index in [1.165, 1.54) is 0 Å². The van der Waals surface area contributed by atoms with Crippen LogP contribution in [0.1, 0.15) is 39.0 Å². The number of hydrogen-bond acceptors (Lipinski definition) is 5. The van der Waals surface area contributed by atoms with Crippen molar-refractivity contribution in [2.75, 3.05) is 18.5 Å². The number of nitrogens with one attached hydrogen (secondary N) is 1. The summed E-state index contributed by atoms with van der Waals surface area (Å²) in [4.78, 5) is 51.0. The Hall–Kier alpha value is -2.90. The van der Waals surface area contributed by atoms with Crippen molar-refractivity contribution >= 4 is 29.4 Å². The first-order valence-corrected chi connectivity index (χ1v) is 9.23. The molecule has 3 rings (SSSR count). The molecule has 0 bridgehead atoms. The van der Waals surface area contributed by atoms with Gasteiger partial charge in [-0.25, -0.2) is 9.69 Å². The predicted octanol–water partition coefficient (Wildman–Crippen LogP) is 2.15. The Kier molecular flexibility index (Phi) is 5.73. The van der Waals surface area contributed by atoms with Crippen LogP contribution in [0.25, 0.3) is 0 Å². The van der Waals surface area contributed by atoms with Crippen LogP contribution in [0.15, 0.2) is 24.3 Å². The van der Waals surface area contributed by atoms with Gasteiger partial charge in [-0.2, -0.15) is 0 Å². The van der Waals surface area contributed by atoms with Gasteiger partial charge in [-0.05, 0) is 31.4 Å². The number of hydrogen-bond donors (Lipinski definition) is 1. The molecule has 1 N–H and O–H groups in total. The van der Waals surface area contributed by atoms with Crippen LogP contribution in [0.2, 0.25) is 0 Å². The van der Waals surface area contributed by atoms with Crippen molar-refractivity contribution in [1.82, 2.24) is 9.80 Å². The molecule has 0 atom stereocenters. The molecule has 8 nitrogen and oxygen atoms in total. The number of amides is 5. The molecule has 2 aliphatic rings. The van der Waals surface area contributed by atoms with Gasteiger partial charge >= 0.3 is 17.8 Å². The number of nitrogens with zero attached hydrogens (tertiary/aromatic N) is 2. The molecule has 27 heavy (non-hydrogen) atoms. The summed E-state index contributed by atoms with van der Waals surface area (Å²) in [5, 5.41) is 2.65. The monoisotopic (exact) mass is 373 g/mol. The number of carbonyl (C=O) groups excluding carboxylic acids is 4. The lowest BCUT2D eigenvalue weighted by molar-refractivity contribution is -0.144. The summed E-state index contributed by atoms with van der Waals surface area (Å²) >= 11 is 0. The molecular weight excluding hydrogens is 350 g/mol. The maximum atomic E-state index is 12.5. The van der Waals surface area contributed by atoms with Crippen molar-refractivity contribution in [2.24, 2.45) is 0 Å². The quantitative estimate of drug-likeness (QED) is 0.584. The molecule has 1 aromatic carbocycles. The van der Waals surface area contributed by atoms with E-state index in [1.807, 2.05) is 6.92 Å². The molecule has 1 aliphatic carbocycles. The lowest BCUT2D eigenvalue weighted by Crippen LogP contribution is -2.41. The van der Waals surface area contributed by atoms with Gasteiger partial charge in [0.1, 0.15) is 12.3 Å². The highest BCUT2D eigenvalue weighted by Crippen LogP contribution is 2.28. The van der Waals surface area contributed by atoms with E-state index in [9.17, 15) is 19.2 Å². The average molecular weight is 373 g/mol. The number of urea groups is 1. The lowest BCUT2D eigenvalue weighted by Gasteiger charge is -2.21. The zero-order chi connectivity index (χ0) is 19.4. The summed E-state index contributed by atoms with van der Waals surface area (Å²) in [5.41, 5.74) is 0.453. The van der Waals surface area contributed by atoms with Crippen molar-refractivity contribution in [1.29, 1.82) is 0 Å². The predicted molar refractivity (Wildman–Crippen MR) is 97.1 cm³/mol. The van der Waals surface area contributed by atoms with Gasteiger partial charge in [-0.1, -0.05) is 31.9 Å². The molecule has 1 aromatic rings. The van der Waals surface area contributed by atoms with Crippen molar-refractivity contribution in [3.05, 3.63) is 24.3 Å². The first-order valence-electron chi connectivity index (χ1n) is 9.23. The van der Waals surface area contributed by atoms with Crippen LogP contribution in [0.5, 0.6) is 5.75 Å². The smallest absolute Gasteiger partial charge is 0.334 e. The third kappa shape index (κ3) is 3.94. The molecule has 144 valence electrons. The Bertz CT molecular complexity index is 757. The van der Waals surface area contributed by atoms with Crippen molar-refractivity contribution in [3.63, 3.8) is 0 Å². The summed E-state index contributed by atoms with van der Waals surface area (Å²) < 4.78 is 5.58. The fourth-order valence-electron chi connectivity index (χ4n) is 3.39. The standard InChI is InChI=1S/C19H23N3O5/c1-2-11-27-15-10-6-5-9-14(15)20-16(23)12-21-17(24)18(25)22(19(21)26)13-7-3-4-8-13/h5-6,9-10,13H,2-4,7-8,11-12H2,1H3,(H,20,23). The molecule has 0 aromatic heterocycles. The van der Waals surface area contributed by atoms with E-state index in [4.69, 9.17) is 4.74 Å². The zero-order valence-corrected chi connectivity index (χ0v) is 15.3. The topological polar surface area (TPSA) is 96.0 Å². The molecule has 1 saturated heterocycles. The Morgan fingerprint density at radius 1 is 1.15 bits per heavy atom. The maximum absolute atomic E-state index is 12.5. The van der Waals surface area contributed by atoms with Crippen LogP contribution in [-0.4, -0.2) is 52.7 Å². The summed E-state index contributed by atoms with van der Waals surface area (Å²) in [7, 11) is 0. The van der Waals surface area contributed by atoms with E-state index in [2.05, 4.69) is 5.32 Å². The van der Waals surface area contributed by atoms with Crippen molar-refractivity contribution < 1.29 is 23.9 Å². The summed E-state index contributed by atoms with van der Waals surface area (Å²) in [6.07, 6.45) is 4.06. The summed E-state index contributed by atoms with van der Waals surface area (Å²) in [6, 6.07) is 5.97. The normalized spacial score (nSPS) is 17.7. The van der Waals surface area contributed by atoms with Gasteiger partial charge in [0.15, 0.2) is 0 Å². The molecule has 5 amide bonds. The van der Waals surface area contributed by atoms with E-state index in [1.54, 1.807) is 24.3 Å². The van der Waals surface area contributed by atoms with Crippen LogP contribution < -0.4 is 10.1 Å². The number of para-hydroxylation sites is 2. The Balaban J connectivity index is 1.66. The zero-order valence-electron chi connectivity index (χ0n) is 15.3. The van der Waals surface area contributed by atoms with Crippen LogP contribution >= 0.6 is 0 Å². The van der Waals surface area contributed by atoms with Crippen LogP contribution in [0.3, 0.4) is 0 Å². The molecule has 1 saturated carbocycles. The number of ether oxygens (including phenoxy) is 1. The number of benzene rings is 1. The molecule has 0 radical (unpaired) electrons. The summed E-state index contributed by atoms with van der Waals surface area (Å²) in [6.45, 7) is 1.97. The lowest BCUT2D eigenvalue weighted by atomic mass is 10.2. The van der Waals surface area contributed by atoms with Crippen LogP contribution in [-0.2, 0) is 14.4 Å². The highest BCUT2D eigenvalue weighted by Gasteiger charge is 2.48. The fraction of sp³-hybridized carbons (Fsp3) is 0.474. The molecular formula is C19H23N3O5. The molecule has 0 unspecified atom stereocenters.